The quantitative estimate of drug-likeness (QED) is 0.512. The van der Waals surface area contributed by atoms with E-state index in [1.807, 2.05) is 43.1 Å². The van der Waals surface area contributed by atoms with Crippen LogP contribution in [0.15, 0.2) is 36.5 Å². The molecular formula is C23H35N5O2. The largest absolute Gasteiger partial charge is 0.399 e. The molecule has 164 valence electrons. The molecule has 0 radical (unpaired) electrons. The number of anilines is 1. The maximum absolute atomic E-state index is 13.5. The molecule has 7 nitrogen and oxygen atoms in total. The first-order valence-electron chi connectivity index (χ1n) is 11.0. The number of hydrogen-bond acceptors (Lipinski definition) is 5. The predicted octanol–water partition coefficient (Wildman–Crippen LogP) is 1.90. The summed E-state index contributed by atoms with van der Waals surface area (Å²) in [7, 11) is 1.87. The summed E-state index contributed by atoms with van der Waals surface area (Å²) in [5.74, 6) is -0.0687. The summed E-state index contributed by atoms with van der Waals surface area (Å²) in [6.45, 7) is 6.50. The van der Waals surface area contributed by atoms with Gasteiger partial charge in [-0.3, -0.25) is 9.59 Å². The van der Waals surface area contributed by atoms with E-state index in [4.69, 9.17) is 5.73 Å². The van der Waals surface area contributed by atoms with Crippen molar-refractivity contribution in [1.29, 1.82) is 0 Å². The van der Waals surface area contributed by atoms with Crippen molar-refractivity contribution in [2.45, 2.75) is 76.2 Å². The third-order valence-electron chi connectivity index (χ3n) is 6.37. The Bertz CT molecular complexity index is 781. The SMILES string of the molecule is C=C(N[C@H]1CCCC[C@H]2CC[C@@H](C(=O)NCc3cccc(N)c3)N2C1=O)[C@H](C)NC. The highest BCUT2D eigenvalue weighted by atomic mass is 16.2. The van der Waals surface area contributed by atoms with Crippen LogP contribution in [0.5, 0.6) is 0 Å². The molecule has 0 aliphatic carbocycles. The number of carbonyl (C=O) groups excluding carboxylic acids is 2. The molecule has 2 aliphatic heterocycles. The van der Waals surface area contributed by atoms with E-state index in [-0.39, 0.29) is 29.9 Å². The average molecular weight is 414 g/mol. The van der Waals surface area contributed by atoms with Crippen LogP contribution < -0.4 is 21.7 Å². The first kappa shape index (κ1) is 22.2. The number of fused-ring (bicyclic) bond motifs is 1. The first-order valence-corrected chi connectivity index (χ1v) is 11.0. The van der Waals surface area contributed by atoms with Gasteiger partial charge in [-0.1, -0.05) is 31.6 Å². The van der Waals surface area contributed by atoms with Gasteiger partial charge in [0.05, 0.1) is 0 Å². The number of nitrogens with zero attached hydrogens (tertiary/aromatic N) is 1. The van der Waals surface area contributed by atoms with Crippen LogP contribution in [0, 0.1) is 0 Å². The molecule has 1 aromatic carbocycles. The summed E-state index contributed by atoms with van der Waals surface area (Å²) in [6.07, 6.45) is 5.38. The smallest absolute Gasteiger partial charge is 0.245 e. The minimum absolute atomic E-state index is 0.0192. The molecule has 2 saturated heterocycles. The van der Waals surface area contributed by atoms with Crippen molar-refractivity contribution in [2.24, 2.45) is 0 Å². The maximum Gasteiger partial charge on any atom is 0.245 e. The molecule has 30 heavy (non-hydrogen) atoms. The number of nitrogens with two attached hydrogens (primary N) is 1. The third-order valence-corrected chi connectivity index (χ3v) is 6.37. The minimum atomic E-state index is -0.416. The number of amides is 2. The van der Waals surface area contributed by atoms with Gasteiger partial charge in [-0.05, 0) is 57.4 Å². The molecule has 5 N–H and O–H groups in total. The fraction of sp³-hybridized carbons (Fsp3) is 0.565. The normalized spacial score (nSPS) is 25.1. The summed E-state index contributed by atoms with van der Waals surface area (Å²) in [6, 6.07) is 6.94. The van der Waals surface area contributed by atoms with Crippen molar-refractivity contribution in [2.75, 3.05) is 12.8 Å². The summed E-state index contributed by atoms with van der Waals surface area (Å²) < 4.78 is 0. The molecular weight excluding hydrogens is 378 g/mol. The van der Waals surface area contributed by atoms with Crippen LogP contribution >= 0.6 is 0 Å². The van der Waals surface area contributed by atoms with Crippen molar-refractivity contribution < 1.29 is 9.59 Å². The van der Waals surface area contributed by atoms with E-state index >= 15 is 0 Å². The molecule has 0 unspecified atom stereocenters. The number of hydrogen-bond donors (Lipinski definition) is 4. The molecule has 0 bridgehead atoms. The Morgan fingerprint density at radius 3 is 2.77 bits per heavy atom. The molecule has 2 aliphatic rings. The number of benzene rings is 1. The van der Waals surface area contributed by atoms with Gasteiger partial charge in [-0.25, -0.2) is 0 Å². The Balaban J connectivity index is 1.69. The zero-order valence-corrected chi connectivity index (χ0v) is 18.1. The number of carbonyl (C=O) groups is 2. The van der Waals surface area contributed by atoms with Gasteiger partial charge in [0.1, 0.15) is 12.1 Å². The highest BCUT2D eigenvalue weighted by Crippen LogP contribution is 2.31. The van der Waals surface area contributed by atoms with Gasteiger partial charge >= 0.3 is 0 Å². The zero-order chi connectivity index (χ0) is 21.7. The van der Waals surface area contributed by atoms with Crippen LogP contribution in [0.1, 0.15) is 51.0 Å². The van der Waals surface area contributed by atoms with E-state index in [1.54, 1.807) is 0 Å². The monoisotopic (exact) mass is 413 g/mol. The van der Waals surface area contributed by atoms with Gasteiger partial charge in [0, 0.05) is 30.0 Å². The van der Waals surface area contributed by atoms with E-state index < -0.39 is 6.04 Å². The number of likely N-dealkylation sites (N-methyl/N-ethyl adjacent to an activating group) is 1. The number of nitrogen functional groups attached to an aromatic ring is 1. The third kappa shape index (κ3) is 5.14. The molecule has 0 aromatic heterocycles. The van der Waals surface area contributed by atoms with Crippen molar-refractivity contribution >= 4 is 17.5 Å². The molecule has 0 spiro atoms. The highest BCUT2D eigenvalue weighted by Gasteiger charge is 2.43. The van der Waals surface area contributed by atoms with Crippen molar-refractivity contribution in [1.82, 2.24) is 20.9 Å². The highest BCUT2D eigenvalue weighted by molar-refractivity contribution is 5.91. The summed E-state index contributed by atoms with van der Waals surface area (Å²) in [5, 5.41) is 9.48. The maximum atomic E-state index is 13.5. The van der Waals surface area contributed by atoms with E-state index in [0.29, 0.717) is 18.7 Å². The van der Waals surface area contributed by atoms with Crippen molar-refractivity contribution in [3.8, 4) is 0 Å². The van der Waals surface area contributed by atoms with Crippen molar-refractivity contribution in [3.63, 3.8) is 0 Å². The molecule has 1 aromatic rings. The van der Waals surface area contributed by atoms with Crippen molar-refractivity contribution in [3.05, 3.63) is 42.1 Å². The Kier molecular flexibility index (Phi) is 7.37. The summed E-state index contributed by atoms with van der Waals surface area (Å²) in [4.78, 5) is 28.3. The van der Waals surface area contributed by atoms with Gasteiger partial charge in [-0.2, -0.15) is 0 Å². The van der Waals surface area contributed by atoms with Gasteiger partial charge in [0.2, 0.25) is 11.8 Å². The van der Waals surface area contributed by atoms with Gasteiger partial charge < -0.3 is 26.6 Å². The van der Waals surface area contributed by atoms with Gasteiger partial charge in [-0.15, -0.1) is 0 Å². The second-order valence-electron chi connectivity index (χ2n) is 8.47. The number of nitrogens with one attached hydrogen (secondary N) is 3. The lowest BCUT2D eigenvalue weighted by atomic mass is 9.98. The lowest BCUT2D eigenvalue weighted by Crippen LogP contribution is -2.56. The van der Waals surface area contributed by atoms with Crippen LogP contribution in [-0.4, -0.2) is 47.9 Å². The lowest BCUT2D eigenvalue weighted by Gasteiger charge is -2.36. The molecule has 2 amide bonds. The molecule has 4 atom stereocenters. The van der Waals surface area contributed by atoms with E-state index in [2.05, 4.69) is 22.5 Å². The van der Waals surface area contributed by atoms with E-state index in [1.165, 1.54) is 0 Å². The summed E-state index contributed by atoms with van der Waals surface area (Å²) >= 11 is 0. The number of rotatable bonds is 7. The van der Waals surface area contributed by atoms with Crippen LogP contribution in [-0.2, 0) is 16.1 Å². The van der Waals surface area contributed by atoms with E-state index in [0.717, 1.165) is 43.4 Å². The van der Waals surface area contributed by atoms with Crippen LogP contribution in [0.25, 0.3) is 0 Å². The Morgan fingerprint density at radius 1 is 1.27 bits per heavy atom. The second kappa shape index (κ2) is 9.98. The van der Waals surface area contributed by atoms with Gasteiger partial charge in [0.25, 0.3) is 0 Å². The fourth-order valence-corrected chi connectivity index (χ4v) is 4.46. The summed E-state index contributed by atoms with van der Waals surface area (Å²) in [5.41, 5.74) is 8.25. The van der Waals surface area contributed by atoms with Crippen LogP contribution in [0.4, 0.5) is 5.69 Å². The Hall–Kier alpha value is -2.54. The second-order valence-corrected chi connectivity index (χ2v) is 8.47. The molecule has 7 heteroatoms. The minimum Gasteiger partial charge on any atom is -0.399 e. The first-order chi connectivity index (χ1) is 14.4. The fourth-order valence-electron chi connectivity index (χ4n) is 4.46. The average Bonchev–Trinajstić information content (AvgIpc) is 3.15. The Morgan fingerprint density at radius 2 is 2.03 bits per heavy atom. The standard InChI is InChI=1S/C23H35N5O2/c1-15(25-3)16(2)27-20-10-5-4-9-19-11-12-21(28(19)23(20)30)22(29)26-14-17-7-6-8-18(24)13-17/h6-8,13,15,19-21,25,27H,2,4-5,9-12,14,24H2,1,3H3,(H,26,29)/t15-,19-,20-,21-/m0/s1. The predicted molar refractivity (Wildman–Crippen MR) is 119 cm³/mol. The Labute approximate surface area is 179 Å². The molecule has 2 fully saturated rings. The topological polar surface area (TPSA) is 99.5 Å². The lowest BCUT2D eigenvalue weighted by molar-refractivity contribution is -0.142. The van der Waals surface area contributed by atoms with Crippen LogP contribution in [0.2, 0.25) is 0 Å². The molecule has 3 rings (SSSR count). The molecule has 0 saturated carbocycles. The molecule has 2 heterocycles. The van der Waals surface area contributed by atoms with Gasteiger partial charge in [0.15, 0.2) is 0 Å². The van der Waals surface area contributed by atoms with Crippen LogP contribution in [0.3, 0.4) is 0 Å². The zero-order valence-electron chi connectivity index (χ0n) is 18.1. The van der Waals surface area contributed by atoms with E-state index in [9.17, 15) is 9.59 Å².